The van der Waals surface area contributed by atoms with Gasteiger partial charge in [-0.05, 0) is 24.7 Å². The first-order valence-electron chi connectivity index (χ1n) is 4.91. The number of hydrogen-bond acceptors (Lipinski definition) is 3. The van der Waals surface area contributed by atoms with Gasteiger partial charge in [-0.1, -0.05) is 17.7 Å². The lowest BCUT2D eigenvalue weighted by atomic mass is 10.2. The van der Waals surface area contributed by atoms with E-state index in [4.69, 9.17) is 16.3 Å². The van der Waals surface area contributed by atoms with Crippen LogP contribution in [0.2, 0.25) is 5.02 Å². The van der Waals surface area contributed by atoms with E-state index in [0.29, 0.717) is 23.9 Å². The topological polar surface area (TPSA) is 50.4 Å². The fourth-order valence-corrected chi connectivity index (χ4v) is 1.52. The predicted molar refractivity (Wildman–Crippen MR) is 63.8 cm³/mol. The Bertz CT molecular complexity index is 369. The summed E-state index contributed by atoms with van der Waals surface area (Å²) in [5.74, 6) is 0.585. The molecule has 16 heavy (non-hydrogen) atoms. The van der Waals surface area contributed by atoms with Gasteiger partial charge in [0.1, 0.15) is 5.75 Å². The molecule has 88 valence electrons. The maximum absolute atomic E-state index is 11.2. The molecule has 0 aliphatic rings. The summed E-state index contributed by atoms with van der Waals surface area (Å²) >= 11 is 5.96. The van der Waals surface area contributed by atoms with Crippen molar-refractivity contribution in [2.75, 3.05) is 20.7 Å². The molecule has 1 aromatic rings. The molecule has 0 saturated heterocycles. The van der Waals surface area contributed by atoms with Crippen LogP contribution in [0.4, 0.5) is 0 Å². The van der Waals surface area contributed by atoms with Gasteiger partial charge < -0.3 is 15.4 Å². The number of likely N-dealkylation sites (N-methyl/N-ethyl adjacent to an activating group) is 1. The zero-order valence-corrected chi connectivity index (χ0v) is 10.1. The highest BCUT2D eigenvalue weighted by molar-refractivity contribution is 6.32. The van der Waals surface area contributed by atoms with Crippen LogP contribution in [-0.4, -0.2) is 26.6 Å². The van der Waals surface area contributed by atoms with Crippen molar-refractivity contribution in [2.24, 2.45) is 0 Å². The minimum Gasteiger partial charge on any atom is -0.495 e. The number of halogens is 1. The Kier molecular flexibility index (Phi) is 5.08. The molecule has 0 radical (unpaired) electrons. The van der Waals surface area contributed by atoms with E-state index in [9.17, 15) is 4.79 Å². The van der Waals surface area contributed by atoms with Crippen molar-refractivity contribution in [3.63, 3.8) is 0 Å². The van der Waals surface area contributed by atoms with Gasteiger partial charge in [-0.15, -0.1) is 0 Å². The Morgan fingerprint density at radius 2 is 2.25 bits per heavy atom. The number of ether oxygens (including phenoxy) is 1. The van der Waals surface area contributed by atoms with Crippen LogP contribution in [0.15, 0.2) is 18.2 Å². The summed E-state index contributed by atoms with van der Waals surface area (Å²) < 4.78 is 5.03. The Balaban J connectivity index is 2.55. The molecule has 0 aromatic heterocycles. The molecule has 2 N–H and O–H groups in total. The average Bonchev–Trinajstić information content (AvgIpc) is 2.27. The molecule has 0 aliphatic carbocycles. The zero-order valence-electron chi connectivity index (χ0n) is 9.34. The van der Waals surface area contributed by atoms with E-state index in [2.05, 4.69) is 10.6 Å². The van der Waals surface area contributed by atoms with Crippen molar-refractivity contribution in [2.45, 2.75) is 6.54 Å². The maximum Gasteiger partial charge on any atom is 0.234 e. The first-order chi connectivity index (χ1) is 7.67. The summed E-state index contributed by atoms with van der Waals surface area (Å²) in [5.41, 5.74) is 0.940. The molecule has 0 unspecified atom stereocenters. The molecule has 0 aliphatic heterocycles. The largest absolute Gasteiger partial charge is 0.495 e. The number of methoxy groups -OCH3 is 1. The van der Waals surface area contributed by atoms with E-state index in [1.165, 1.54) is 0 Å². The lowest BCUT2D eigenvalue weighted by molar-refractivity contribution is -0.120. The Hall–Kier alpha value is -1.26. The Morgan fingerprint density at radius 1 is 1.50 bits per heavy atom. The van der Waals surface area contributed by atoms with Crippen LogP contribution in [-0.2, 0) is 11.3 Å². The van der Waals surface area contributed by atoms with Crippen molar-refractivity contribution in [3.05, 3.63) is 28.8 Å². The van der Waals surface area contributed by atoms with E-state index in [-0.39, 0.29) is 5.91 Å². The van der Waals surface area contributed by atoms with E-state index in [0.717, 1.165) is 5.56 Å². The summed E-state index contributed by atoms with van der Waals surface area (Å²) in [6.07, 6.45) is 0. The fraction of sp³-hybridized carbons (Fsp3) is 0.364. The van der Waals surface area contributed by atoms with E-state index in [1.807, 2.05) is 6.07 Å². The molecule has 1 aromatic carbocycles. The van der Waals surface area contributed by atoms with Gasteiger partial charge in [0.15, 0.2) is 0 Å². The summed E-state index contributed by atoms with van der Waals surface area (Å²) in [4.78, 5) is 11.2. The molecule has 0 bridgehead atoms. The van der Waals surface area contributed by atoms with Crippen LogP contribution in [0.25, 0.3) is 0 Å². The van der Waals surface area contributed by atoms with Crippen molar-refractivity contribution in [1.29, 1.82) is 0 Å². The van der Waals surface area contributed by atoms with Gasteiger partial charge in [0, 0.05) is 6.54 Å². The van der Waals surface area contributed by atoms with Gasteiger partial charge in [-0.2, -0.15) is 0 Å². The molecular formula is C11H15ClN2O2. The summed E-state index contributed by atoms with van der Waals surface area (Å²) in [6.45, 7) is 0.772. The van der Waals surface area contributed by atoms with Crippen LogP contribution in [0, 0.1) is 0 Å². The van der Waals surface area contributed by atoms with Crippen LogP contribution in [0.3, 0.4) is 0 Å². The van der Waals surface area contributed by atoms with Crippen molar-refractivity contribution < 1.29 is 9.53 Å². The highest BCUT2D eigenvalue weighted by Crippen LogP contribution is 2.24. The van der Waals surface area contributed by atoms with Gasteiger partial charge in [0.05, 0.1) is 18.7 Å². The third-order valence-corrected chi connectivity index (χ3v) is 2.34. The lowest BCUT2D eigenvalue weighted by Gasteiger charge is -2.07. The summed E-state index contributed by atoms with van der Waals surface area (Å²) in [7, 11) is 3.29. The Labute approximate surface area is 99.9 Å². The van der Waals surface area contributed by atoms with Gasteiger partial charge in [0.2, 0.25) is 5.91 Å². The number of nitrogens with one attached hydrogen (secondary N) is 2. The number of hydrogen-bond donors (Lipinski definition) is 2. The highest BCUT2D eigenvalue weighted by atomic mass is 35.5. The first-order valence-corrected chi connectivity index (χ1v) is 5.29. The van der Waals surface area contributed by atoms with E-state index >= 15 is 0 Å². The highest BCUT2D eigenvalue weighted by Gasteiger charge is 2.03. The number of carbonyl (C=O) groups is 1. The quantitative estimate of drug-likeness (QED) is 0.816. The molecule has 0 heterocycles. The van der Waals surface area contributed by atoms with Crippen LogP contribution in [0.5, 0.6) is 5.75 Å². The van der Waals surface area contributed by atoms with E-state index in [1.54, 1.807) is 26.3 Å². The molecule has 1 amide bonds. The fourth-order valence-electron chi connectivity index (χ4n) is 1.24. The third kappa shape index (κ3) is 3.72. The number of carbonyl (C=O) groups excluding carboxylic acids is 1. The van der Waals surface area contributed by atoms with Gasteiger partial charge in [0.25, 0.3) is 0 Å². The second-order valence-corrected chi connectivity index (χ2v) is 3.68. The molecule has 4 nitrogen and oxygen atoms in total. The molecule has 0 saturated carbocycles. The van der Waals surface area contributed by atoms with Crippen molar-refractivity contribution in [1.82, 2.24) is 10.6 Å². The molecule has 0 spiro atoms. The third-order valence-electron chi connectivity index (χ3n) is 2.04. The molecular weight excluding hydrogens is 228 g/mol. The zero-order chi connectivity index (χ0) is 12.0. The normalized spacial score (nSPS) is 9.94. The molecule has 1 rings (SSSR count). The average molecular weight is 243 g/mol. The van der Waals surface area contributed by atoms with E-state index < -0.39 is 0 Å². The van der Waals surface area contributed by atoms with Gasteiger partial charge in [-0.25, -0.2) is 0 Å². The SMILES string of the molecule is CNCC(=O)NCc1ccc(OC)c(Cl)c1. The van der Waals surface area contributed by atoms with Crippen molar-refractivity contribution >= 4 is 17.5 Å². The summed E-state index contributed by atoms with van der Waals surface area (Å²) in [6, 6.07) is 5.42. The number of rotatable bonds is 5. The van der Waals surface area contributed by atoms with Crippen LogP contribution in [0.1, 0.15) is 5.56 Å². The van der Waals surface area contributed by atoms with Crippen LogP contribution < -0.4 is 15.4 Å². The lowest BCUT2D eigenvalue weighted by Crippen LogP contribution is -2.31. The van der Waals surface area contributed by atoms with Gasteiger partial charge >= 0.3 is 0 Å². The minimum absolute atomic E-state index is 0.0468. The van der Waals surface area contributed by atoms with Gasteiger partial charge in [-0.3, -0.25) is 4.79 Å². The minimum atomic E-state index is -0.0468. The standard InChI is InChI=1S/C11H15ClN2O2/c1-13-7-11(15)14-6-8-3-4-10(16-2)9(12)5-8/h3-5,13H,6-7H2,1-2H3,(H,14,15). The smallest absolute Gasteiger partial charge is 0.234 e. The maximum atomic E-state index is 11.2. The molecule has 0 fully saturated rings. The monoisotopic (exact) mass is 242 g/mol. The second-order valence-electron chi connectivity index (χ2n) is 3.28. The second kappa shape index (κ2) is 6.35. The van der Waals surface area contributed by atoms with Crippen molar-refractivity contribution in [3.8, 4) is 5.75 Å². The summed E-state index contributed by atoms with van der Waals surface area (Å²) in [5, 5.41) is 6.08. The first kappa shape index (κ1) is 12.8. The van der Waals surface area contributed by atoms with Crippen LogP contribution >= 0.6 is 11.6 Å². The predicted octanol–water partition coefficient (Wildman–Crippen LogP) is 1.18. The Morgan fingerprint density at radius 3 is 2.81 bits per heavy atom. The molecule has 5 heteroatoms. The molecule has 0 atom stereocenters. The number of benzene rings is 1. The number of amides is 1.